The Morgan fingerprint density at radius 2 is 1.44 bits per heavy atom. The zero-order valence-electron chi connectivity index (χ0n) is 12.0. The smallest absolute Gasteiger partial charge is 0.0766 e. The lowest BCUT2D eigenvalue weighted by Gasteiger charge is -2.57. The molecule has 18 heavy (non-hydrogen) atoms. The van der Waals surface area contributed by atoms with Gasteiger partial charge in [0.05, 0.1) is 5.60 Å². The third kappa shape index (κ3) is 2.22. The lowest BCUT2D eigenvalue weighted by molar-refractivity contribution is -0.0397. The molecule has 0 aromatic heterocycles. The second-order valence-electron chi connectivity index (χ2n) is 7.48. The van der Waals surface area contributed by atoms with Crippen molar-refractivity contribution in [3.8, 4) is 0 Å². The number of rotatable bonds is 5. The SMILES string of the molecule is CCC(O)(CC)CNC12CC3CC(CC(C3)C1)C2. The molecule has 2 N–H and O–H groups in total. The van der Waals surface area contributed by atoms with Crippen LogP contribution in [0, 0.1) is 17.8 Å². The summed E-state index contributed by atoms with van der Waals surface area (Å²) in [6.45, 7) is 5.00. The molecule has 104 valence electrons. The van der Waals surface area contributed by atoms with E-state index in [1.807, 2.05) is 0 Å². The molecule has 0 heterocycles. The summed E-state index contributed by atoms with van der Waals surface area (Å²) < 4.78 is 0. The van der Waals surface area contributed by atoms with Crippen LogP contribution in [0.4, 0.5) is 0 Å². The van der Waals surface area contributed by atoms with Gasteiger partial charge in [0.2, 0.25) is 0 Å². The van der Waals surface area contributed by atoms with Crippen molar-refractivity contribution in [3.63, 3.8) is 0 Å². The molecule has 0 aliphatic heterocycles. The molecule has 0 aromatic carbocycles. The number of hydrogen-bond acceptors (Lipinski definition) is 2. The van der Waals surface area contributed by atoms with Gasteiger partial charge in [0, 0.05) is 12.1 Å². The lowest BCUT2D eigenvalue weighted by atomic mass is 9.53. The number of nitrogens with one attached hydrogen (secondary N) is 1. The summed E-state index contributed by atoms with van der Waals surface area (Å²) in [6, 6.07) is 0. The van der Waals surface area contributed by atoms with E-state index >= 15 is 0 Å². The topological polar surface area (TPSA) is 32.3 Å². The lowest BCUT2D eigenvalue weighted by Crippen LogP contribution is -2.60. The summed E-state index contributed by atoms with van der Waals surface area (Å²) in [6.07, 6.45) is 10.3. The molecule has 0 radical (unpaired) electrons. The van der Waals surface area contributed by atoms with Crippen LogP contribution in [-0.2, 0) is 0 Å². The van der Waals surface area contributed by atoms with E-state index in [0.717, 1.165) is 37.1 Å². The Labute approximate surface area is 112 Å². The standard InChI is InChI=1S/C16H29NO/c1-3-16(18,4-2)11-17-15-8-12-5-13(9-15)7-14(6-12)10-15/h12-14,17-18H,3-11H2,1-2H3. The quantitative estimate of drug-likeness (QED) is 0.787. The van der Waals surface area contributed by atoms with E-state index in [9.17, 15) is 5.11 Å². The van der Waals surface area contributed by atoms with Gasteiger partial charge < -0.3 is 10.4 Å². The molecule has 0 atom stereocenters. The zero-order chi connectivity index (χ0) is 12.8. The van der Waals surface area contributed by atoms with Gasteiger partial charge in [-0.2, -0.15) is 0 Å². The van der Waals surface area contributed by atoms with Gasteiger partial charge in [-0.25, -0.2) is 0 Å². The summed E-state index contributed by atoms with van der Waals surface area (Å²) in [5.41, 5.74) is -0.0869. The van der Waals surface area contributed by atoms with Crippen LogP contribution in [0.1, 0.15) is 65.2 Å². The third-order valence-electron chi connectivity index (χ3n) is 6.15. The molecule has 0 amide bonds. The van der Waals surface area contributed by atoms with Crippen molar-refractivity contribution in [2.45, 2.75) is 76.4 Å². The molecule has 0 aromatic rings. The molecule has 0 spiro atoms. The number of β-amino-alcohol motifs (C(OH)–C–C–N with tert-alkyl or cyclic N) is 1. The normalized spacial score (nSPS) is 42.5. The minimum atomic E-state index is -0.483. The first-order valence-corrected chi connectivity index (χ1v) is 8.04. The van der Waals surface area contributed by atoms with Gasteiger partial charge in [-0.05, 0) is 69.1 Å². The van der Waals surface area contributed by atoms with Crippen molar-refractivity contribution in [1.82, 2.24) is 5.32 Å². The van der Waals surface area contributed by atoms with Crippen LogP contribution in [-0.4, -0.2) is 22.8 Å². The predicted molar refractivity (Wildman–Crippen MR) is 74.4 cm³/mol. The Kier molecular flexibility index (Phi) is 3.22. The molecule has 4 aliphatic carbocycles. The fraction of sp³-hybridized carbons (Fsp3) is 1.00. The van der Waals surface area contributed by atoms with Gasteiger partial charge in [-0.3, -0.25) is 0 Å². The highest BCUT2D eigenvalue weighted by molar-refractivity contribution is 5.07. The van der Waals surface area contributed by atoms with Crippen LogP contribution < -0.4 is 5.32 Å². The van der Waals surface area contributed by atoms with E-state index in [2.05, 4.69) is 19.2 Å². The van der Waals surface area contributed by atoms with E-state index in [-0.39, 0.29) is 0 Å². The van der Waals surface area contributed by atoms with Crippen molar-refractivity contribution in [2.75, 3.05) is 6.54 Å². The number of hydrogen-bond donors (Lipinski definition) is 2. The Morgan fingerprint density at radius 1 is 1.00 bits per heavy atom. The maximum Gasteiger partial charge on any atom is 0.0766 e. The number of aliphatic hydroxyl groups is 1. The largest absolute Gasteiger partial charge is 0.389 e. The maximum atomic E-state index is 10.5. The molecule has 4 bridgehead atoms. The predicted octanol–water partition coefficient (Wildman–Crippen LogP) is 3.10. The molecule has 2 heteroatoms. The van der Waals surface area contributed by atoms with E-state index in [1.165, 1.54) is 38.5 Å². The van der Waals surface area contributed by atoms with Gasteiger partial charge in [0.25, 0.3) is 0 Å². The molecule has 4 fully saturated rings. The fourth-order valence-electron chi connectivity index (χ4n) is 5.18. The van der Waals surface area contributed by atoms with Crippen LogP contribution in [0.25, 0.3) is 0 Å². The maximum absolute atomic E-state index is 10.5. The first-order valence-electron chi connectivity index (χ1n) is 8.04. The Bertz CT molecular complexity index is 273. The highest BCUT2D eigenvalue weighted by atomic mass is 16.3. The van der Waals surface area contributed by atoms with Crippen molar-refractivity contribution in [3.05, 3.63) is 0 Å². The van der Waals surface area contributed by atoms with Crippen LogP contribution in [0.5, 0.6) is 0 Å². The minimum absolute atomic E-state index is 0.396. The van der Waals surface area contributed by atoms with Crippen LogP contribution in [0.15, 0.2) is 0 Å². The molecule has 0 saturated heterocycles. The fourth-order valence-corrected chi connectivity index (χ4v) is 5.18. The van der Waals surface area contributed by atoms with Crippen LogP contribution in [0.2, 0.25) is 0 Å². The summed E-state index contributed by atoms with van der Waals surface area (Å²) in [5.74, 6) is 2.96. The third-order valence-corrected chi connectivity index (χ3v) is 6.15. The van der Waals surface area contributed by atoms with Gasteiger partial charge in [-0.15, -0.1) is 0 Å². The van der Waals surface area contributed by atoms with Crippen molar-refractivity contribution >= 4 is 0 Å². The van der Waals surface area contributed by atoms with Gasteiger partial charge in [0.1, 0.15) is 0 Å². The Morgan fingerprint density at radius 3 is 1.83 bits per heavy atom. The average molecular weight is 251 g/mol. The van der Waals surface area contributed by atoms with E-state index < -0.39 is 5.60 Å². The first-order chi connectivity index (χ1) is 8.56. The molecule has 2 nitrogen and oxygen atoms in total. The van der Waals surface area contributed by atoms with E-state index in [1.54, 1.807) is 0 Å². The van der Waals surface area contributed by atoms with Crippen molar-refractivity contribution < 1.29 is 5.11 Å². The van der Waals surface area contributed by atoms with Gasteiger partial charge >= 0.3 is 0 Å². The summed E-state index contributed by atoms with van der Waals surface area (Å²) in [7, 11) is 0. The zero-order valence-corrected chi connectivity index (χ0v) is 12.0. The summed E-state index contributed by atoms with van der Waals surface area (Å²) in [5, 5.41) is 14.3. The molecule has 4 saturated carbocycles. The molecular formula is C16H29NO. The Balaban J connectivity index is 1.65. The summed E-state index contributed by atoms with van der Waals surface area (Å²) in [4.78, 5) is 0. The highest BCUT2D eigenvalue weighted by Crippen LogP contribution is 2.55. The first kappa shape index (κ1) is 12.9. The molecular weight excluding hydrogens is 222 g/mol. The Hall–Kier alpha value is -0.0800. The molecule has 4 aliphatic rings. The molecule has 0 unspecified atom stereocenters. The second kappa shape index (κ2) is 4.49. The van der Waals surface area contributed by atoms with Crippen molar-refractivity contribution in [2.24, 2.45) is 17.8 Å². The highest BCUT2D eigenvalue weighted by Gasteiger charge is 2.51. The van der Waals surface area contributed by atoms with Crippen LogP contribution in [0.3, 0.4) is 0 Å². The van der Waals surface area contributed by atoms with E-state index in [0.29, 0.717) is 5.54 Å². The second-order valence-corrected chi connectivity index (χ2v) is 7.48. The van der Waals surface area contributed by atoms with Crippen molar-refractivity contribution in [1.29, 1.82) is 0 Å². The van der Waals surface area contributed by atoms with Gasteiger partial charge in [0.15, 0.2) is 0 Å². The van der Waals surface area contributed by atoms with Gasteiger partial charge in [-0.1, -0.05) is 13.8 Å². The summed E-state index contributed by atoms with van der Waals surface area (Å²) >= 11 is 0. The van der Waals surface area contributed by atoms with Crippen LogP contribution >= 0.6 is 0 Å². The minimum Gasteiger partial charge on any atom is -0.389 e. The average Bonchev–Trinajstić information content (AvgIpc) is 2.35. The molecule has 4 rings (SSSR count). The monoisotopic (exact) mass is 251 g/mol. The van der Waals surface area contributed by atoms with E-state index in [4.69, 9.17) is 0 Å².